The zero-order chi connectivity index (χ0) is 11.5. The molecule has 1 heterocycles. The highest BCUT2D eigenvalue weighted by Crippen LogP contribution is 2.23. The Kier molecular flexibility index (Phi) is 3.10. The molecule has 0 aliphatic carbocycles. The Hall–Kier alpha value is -1.55. The van der Waals surface area contributed by atoms with Crippen molar-refractivity contribution < 1.29 is 9.53 Å². The fourth-order valence-electron chi connectivity index (χ4n) is 1.53. The normalized spacial score (nSPS) is 10.4. The average Bonchev–Trinajstić information content (AvgIpc) is 2.36. The van der Waals surface area contributed by atoms with Gasteiger partial charge < -0.3 is 4.74 Å². The number of benzene rings is 1. The molecule has 82 valence electrons. The number of methoxy groups -OCH3 is 1. The van der Waals surface area contributed by atoms with Crippen LogP contribution in [0.15, 0.2) is 35.4 Å². The van der Waals surface area contributed by atoms with Crippen LogP contribution in [0.4, 0.5) is 0 Å². The van der Waals surface area contributed by atoms with E-state index in [4.69, 9.17) is 4.74 Å². The van der Waals surface area contributed by atoms with E-state index in [2.05, 4.69) is 4.98 Å². The first kappa shape index (κ1) is 11.0. The van der Waals surface area contributed by atoms with Gasteiger partial charge in [-0.1, -0.05) is 18.2 Å². The minimum Gasteiger partial charge on any atom is -0.465 e. The number of fused-ring (bicyclic) bond motifs is 1. The van der Waals surface area contributed by atoms with Crippen molar-refractivity contribution in [1.82, 2.24) is 4.98 Å². The molecule has 2 aromatic rings. The van der Waals surface area contributed by atoms with Crippen LogP contribution in [0.3, 0.4) is 0 Å². The van der Waals surface area contributed by atoms with E-state index in [1.807, 2.05) is 30.5 Å². The van der Waals surface area contributed by atoms with Gasteiger partial charge in [-0.15, -0.1) is 11.8 Å². The molecular formula is C12H11NO2S. The predicted octanol–water partition coefficient (Wildman–Crippen LogP) is 2.74. The van der Waals surface area contributed by atoms with E-state index in [9.17, 15) is 4.79 Å². The summed E-state index contributed by atoms with van der Waals surface area (Å²) in [6.45, 7) is 0. The van der Waals surface area contributed by atoms with Crippen LogP contribution in [-0.4, -0.2) is 24.3 Å². The Morgan fingerprint density at radius 1 is 1.38 bits per heavy atom. The fourth-order valence-corrected chi connectivity index (χ4v) is 1.96. The van der Waals surface area contributed by atoms with Gasteiger partial charge in [0.15, 0.2) is 0 Å². The number of hydrogen-bond acceptors (Lipinski definition) is 4. The third-order valence-electron chi connectivity index (χ3n) is 2.31. The molecule has 0 amide bonds. The van der Waals surface area contributed by atoms with E-state index in [1.54, 1.807) is 6.07 Å². The molecule has 0 aliphatic rings. The molecule has 0 atom stereocenters. The first-order valence-electron chi connectivity index (χ1n) is 4.78. The lowest BCUT2D eigenvalue weighted by atomic mass is 10.1. The second kappa shape index (κ2) is 4.53. The maximum absolute atomic E-state index is 11.6. The minimum absolute atomic E-state index is 0.325. The number of hydrogen-bond donors (Lipinski definition) is 0. The van der Waals surface area contributed by atoms with Crippen molar-refractivity contribution in [2.75, 3.05) is 13.4 Å². The van der Waals surface area contributed by atoms with Crippen LogP contribution in [0.5, 0.6) is 0 Å². The highest BCUT2D eigenvalue weighted by molar-refractivity contribution is 7.98. The topological polar surface area (TPSA) is 39.2 Å². The lowest BCUT2D eigenvalue weighted by Gasteiger charge is -2.06. The molecule has 0 fully saturated rings. The van der Waals surface area contributed by atoms with E-state index < -0.39 is 0 Å². The van der Waals surface area contributed by atoms with E-state index in [1.165, 1.54) is 18.9 Å². The molecule has 0 bridgehead atoms. The molecule has 16 heavy (non-hydrogen) atoms. The molecule has 1 aromatic heterocycles. The number of carbonyl (C=O) groups is 1. The van der Waals surface area contributed by atoms with Crippen LogP contribution >= 0.6 is 11.8 Å². The lowest BCUT2D eigenvalue weighted by Crippen LogP contribution is -2.03. The first-order valence-corrected chi connectivity index (χ1v) is 6.01. The van der Waals surface area contributed by atoms with Gasteiger partial charge in [-0.05, 0) is 18.4 Å². The number of esters is 1. The summed E-state index contributed by atoms with van der Waals surface area (Å²) in [5, 5.41) is 1.64. The zero-order valence-electron chi connectivity index (χ0n) is 9.06. The third-order valence-corrected chi connectivity index (χ3v) is 2.93. The molecule has 1 aromatic carbocycles. The Labute approximate surface area is 97.8 Å². The Morgan fingerprint density at radius 2 is 2.12 bits per heavy atom. The van der Waals surface area contributed by atoms with Gasteiger partial charge in [0.1, 0.15) is 0 Å². The molecule has 0 aliphatic heterocycles. The number of thioether (sulfide) groups is 1. The Bertz CT molecular complexity index is 540. The second-order valence-electron chi connectivity index (χ2n) is 3.22. The minimum atomic E-state index is -0.325. The molecule has 4 heteroatoms. The summed E-state index contributed by atoms with van der Waals surface area (Å²) in [5.41, 5.74) is 1.38. The number of rotatable bonds is 2. The van der Waals surface area contributed by atoms with E-state index >= 15 is 0 Å². The summed E-state index contributed by atoms with van der Waals surface area (Å²) in [5.74, 6) is -0.325. The van der Waals surface area contributed by atoms with Gasteiger partial charge >= 0.3 is 5.97 Å². The number of pyridine rings is 1. The molecule has 3 nitrogen and oxygen atoms in total. The molecule has 0 saturated heterocycles. The highest BCUT2D eigenvalue weighted by Gasteiger charge is 2.12. The van der Waals surface area contributed by atoms with Crippen LogP contribution in [0, 0.1) is 0 Å². The number of ether oxygens (including phenoxy) is 1. The van der Waals surface area contributed by atoms with Crippen LogP contribution in [0.1, 0.15) is 10.4 Å². The van der Waals surface area contributed by atoms with Crippen molar-refractivity contribution in [2.45, 2.75) is 5.03 Å². The van der Waals surface area contributed by atoms with Gasteiger partial charge in [0.2, 0.25) is 0 Å². The van der Waals surface area contributed by atoms with E-state index in [-0.39, 0.29) is 5.97 Å². The lowest BCUT2D eigenvalue weighted by molar-refractivity contribution is 0.0602. The van der Waals surface area contributed by atoms with Crippen molar-refractivity contribution in [3.05, 3.63) is 35.9 Å². The molecule has 0 radical (unpaired) electrons. The fraction of sp³-hybridized carbons (Fsp3) is 0.167. The van der Waals surface area contributed by atoms with Crippen LogP contribution in [0.2, 0.25) is 0 Å². The van der Waals surface area contributed by atoms with Gasteiger partial charge in [0.25, 0.3) is 0 Å². The summed E-state index contributed by atoms with van der Waals surface area (Å²) in [6.07, 6.45) is 1.93. The Morgan fingerprint density at radius 3 is 2.81 bits per heavy atom. The second-order valence-corrected chi connectivity index (χ2v) is 4.05. The number of carbonyl (C=O) groups excluding carboxylic acids is 1. The summed E-state index contributed by atoms with van der Waals surface area (Å²) in [4.78, 5) is 16.1. The van der Waals surface area contributed by atoms with Crippen molar-refractivity contribution in [3.8, 4) is 0 Å². The maximum Gasteiger partial charge on any atom is 0.338 e. The van der Waals surface area contributed by atoms with Gasteiger partial charge in [0, 0.05) is 5.39 Å². The van der Waals surface area contributed by atoms with Crippen molar-refractivity contribution >= 4 is 28.6 Å². The Balaban J connectivity index is 2.73. The largest absolute Gasteiger partial charge is 0.465 e. The molecule has 2 rings (SSSR count). The zero-order valence-corrected chi connectivity index (χ0v) is 9.88. The SMILES string of the molecule is COC(=O)c1cc(SC)nc2ccccc12. The third kappa shape index (κ3) is 1.88. The number of nitrogens with zero attached hydrogens (tertiary/aromatic N) is 1. The monoisotopic (exact) mass is 233 g/mol. The highest BCUT2D eigenvalue weighted by atomic mass is 32.2. The summed E-state index contributed by atoms with van der Waals surface area (Å²) in [6, 6.07) is 9.31. The smallest absolute Gasteiger partial charge is 0.338 e. The quantitative estimate of drug-likeness (QED) is 0.590. The molecule has 0 unspecified atom stereocenters. The summed E-state index contributed by atoms with van der Waals surface area (Å²) < 4.78 is 4.77. The molecule has 0 saturated carbocycles. The van der Waals surface area contributed by atoms with Crippen LogP contribution < -0.4 is 0 Å². The van der Waals surface area contributed by atoms with E-state index in [0.717, 1.165) is 15.9 Å². The average molecular weight is 233 g/mol. The standard InChI is InChI=1S/C12H11NO2S/c1-15-12(14)9-7-11(16-2)13-10-6-4-3-5-8(9)10/h3-7H,1-2H3. The van der Waals surface area contributed by atoms with Gasteiger partial charge in [0.05, 0.1) is 23.2 Å². The van der Waals surface area contributed by atoms with Gasteiger partial charge in [-0.25, -0.2) is 9.78 Å². The number of para-hydroxylation sites is 1. The molecular weight excluding hydrogens is 222 g/mol. The molecule has 0 spiro atoms. The van der Waals surface area contributed by atoms with Crippen LogP contribution in [0.25, 0.3) is 10.9 Å². The van der Waals surface area contributed by atoms with Crippen molar-refractivity contribution in [3.63, 3.8) is 0 Å². The number of aromatic nitrogens is 1. The summed E-state index contributed by atoms with van der Waals surface area (Å²) >= 11 is 1.51. The van der Waals surface area contributed by atoms with Gasteiger partial charge in [-0.3, -0.25) is 0 Å². The van der Waals surface area contributed by atoms with Gasteiger partial charge in [-0.2, -0.15) is 0 Å². The first-order chi connectivity index (χ1) is 7.76. The summed E-state index contributed by atoms with van der Waals surface area (Å²) in [7, 11) is 1.39. The van der Waals surface area contributed by atoms with Crippen molar-refractivity contribution in [2.24, 2.45) is 0 Å². The van der Waals surface area contributed by atoms with Crippen LogP contribution in [-0.2, 0) is 4.74 Å². The predicted molar refractivity (Wildman–Crippen MR) is 64.9 cm³/mol. The molecule has 0 N–H and O–H groups in total. The van der Waals surface area contributed by atoms with E-state index in [0.29, 0.717) is 5.56 Å². The maximum atomic E-state index is 11.6. The van der Waals surface area contributed by atoms with Crippen molar-refractivity contribution in [1.29, 1.82) is 0 Å².